The summed E-state index contributed by atoms with van der Waals surface area (Å²) >= 11 is 0. The first kappa shape index (κ1) is 14.5. The number of ether oxygens (including phenoxy) is 1. The monoisotopic (exact) mass is 288 g/mol. The van der Waals surface area contributed by atoms with Crippen molar-refractivity contribution in [3.8, 4) is 0 Å². The largest absolute Gasteiger partial charge is 0.464 e. The summed E-state index contributed by atoms with van der Waals surface area (Å²) in [5.74, 6) is 0.807. The van der Waals surface area contributed by atoms with Gasteiger partial charge in [-0.1, -0.05) is 0 Å². The lowest BCUT2D eigenvalue weighted by atomic mass is 9.97. The summed E-state index contributed by atoms with van der Waals surface area (Å²) in [5.41, 5.74) is 4.87. The van der Waals surface area contributed by atoms with Crippen LogP contribution in [0.25, 0.3) is 0 Å². The van der Waals surface area contributed by atoms with Gasteiger partial charge in [-0.3, -0.25) is 0 Å². The first-order chi connectivity index (χ1) is 8.78. The van der Waals surface area contributed by atoms with Crippen LogP contribution < -0.4 is 10.5 Å². The van der Waals surface area contributed by atoms with Crippen LogP contribution in [0.5, 0.6) is 0 Å². The molecule has 2 atom stereocenters. The van der Waals surface area contributed by atoms with E-state index in [2.05, 4.69) is 4.72 Å². The van der Waals surface area contributed by atoms with Crippen LogP contribution in [-0.2, 0) is 21.3 Å². The lowest BCUT2D eigenvalue weighted by Crippen LogP contribution is -2.50. The van der Waals surface area contributed by atoms with Gasteiger partial charge in [0.25, 0.3) is 0 Å². The van der Waals surface area contributed by atoms with E-state index in [1.165, 1.54) is 6.07 Å². The number of hydrogen-bond acceptors (Lipinski definition) is 5. The van der Waals surface area contributed by atoms with Gasteiger partial charge in [0.1, 0.15) is 16.4 Å². The topological polar surface area (TPSA) is 94.6 Å². The van der Waals surface area contributed by atoms with Crippen molar-refractivity contribution in [2.45, 2.75) is 50.3 Å². The highest BCUT2D eigenvalue weighted by molar-refractivity contribution is 7.89. The maximum Gasteiger partial charge on any atom is 0.244 e. The lowest BCUT2D eigenvalue weighted by Gasteiger charge is -2.28. The van der Waals surface area contributed by atoms with E-state index in [1.807, 2.05) is 13.8 Å². The Balaban J connectivity index is 2.30. The Morgan fingerprint density at radius 3 is 2.74 bits per heavy atom. The molecule has 0 saturated carbocycles. The van der Waals surface area contributed by atoms with Crippen molar-refractivity contribution in [2.75, 3.05) is 6.61 Å². The highest BCUT2D eigenvalue weighted by Crippen LogP contribution is 2.28. The van der Waals surface area contributed by atoms with Gasteiger partial charge < -0.3 is 14.9 Å². The zero-order chi connectivity index (χ0) is 14.3. The molecule has 0 radical (unpaired) electrons. The van der Waals surface area contributed by atoms with Crippen molar-refractivity contribution in [1.82, 2.24) is 4.72 Å². The second-order valence-corrected chi connectivity index (χ2v) is 6.77. The summed E-state index contributed by atoms with van der Waals surface area (Å²) in [4.78, 5) is 0.147. The standard InChI is InChI=1S/C12H20N2O4S/c1-8-11(6-10(7-13)18-8)19(15,16)14-12(3)4-5-17-9(12)2/h6,9,14H,4-5,7,13H2,1-3H3. The molecule has 1 fully saturated rings. The van der Waals surface area contributed by atoms with Crippen molar-refractivity contribution in [3.63, 3.8) is 0 Å². The van der Waals surface area contributed by atoms with E-state index in [0.717, 1.165) is 0 Å². The van der Waals surface area contributed by atoms with Crippen molar-refractivity contribution >= 4 is 10.0 Å². The number of hydrogen-bond donors (Lipinski definition) is 2. The van der Waals surface area contributed by atoms with Gasteiger partial charge in [0.2, 0.25) is 10.0 Å². The Bertz CT molecular complexity index is 566. The molecule has 1 saturated heterocycles. The van der Waals surface area contributed by atoms with Crippen LogP contribution in [0.2, 0.25) is 0 Å². The van der Waals surface area contributed by atoms with Gasteiger partial charge >= 0.3 is 0 Å². The third kappa shape index (κ3) is 2.69. The molecule has 0 aromatic carbocycles. The van der Waals surface area contributed by atoms with Crippen molar-refractivity contribution in [1.29, 1.82) is 0 Å². The smallest absolute Gasteiger partial charge is 0.244 e. The average Bonchev–Trinajstić information content (AvgIpc) is 2.83. The summed E-state index contributed by atoms with van der Waals surface area (Å²) < 4.78 is 38.3. The highest BCUT2D eigenvalue weighted by Gasteiger charge is 2.41. The summed E-state index contributed by atoms with van der Waals surface area (Å²) in [5, 5.41) is 0. The van der Waals surface area contributed by atoms with Crippen LogP contribution in [0.3, 0.4) is 0 Å². The lowest BCUT2D eigenvalue weighted by molar-refractivity contribution is 0.0957. The molecule has 1 aromatic heterocycles. The Morgan fingerprint density at radius 1 is 1.58 bits per heavy atom. The second-order valence-electron chi connectivity index (χ2n) is 5.12. The molecule has 0 bridgehead atoms. The predicted octanol–water partition coefficient (Wildman–Crippen LogP) is 0.893. The number of aryl methyl sites for hydroxylation is 1. The molecule has 6 nitrogen and oxygen atoms in total. The third-order valence-electron chi connectivity index (χ3n) is 3.67. The van der Waals surface area contributed by atoms with Crippen LogP contribution >= 0.6 is 0 Å². The molecular formula is C12H20N2O4S. The number of nitrogens with two attached hydrogens (primary N) is 1. The zero-order valence-electron chi connectivity index (χ0n) is 11.4. The van der Waals surface area contributed by atoms with E-state index >= 15 is 0 Å². The van der Waals surface area contributed by atoms with E-state index < -0.39 is 15.6 Å². The molecule has 0 spiro atoms. The molecule has 1 aliphatic heterocycles. The molecule has 2 rings (SSSR count). The molecule has 19 heavy (non-hydrogen) atoms. The van der Waals surface area contributed by atoms with Gasteiger partial charge in [-0.2, -0.15) is 0 Å². The fraction of sp³-hybridized carbons (Fsp3) is 0.667. The second kappa shape index (κ2) is 4.90. The van der Waals surface area contributed by atoms with Gasteiger partial charge in [-0.25, -0.2) is 13.1 Å². The number of rotatable bonds is 4. The summed E-state index contributed by atoms with van der Waals surface area (Å²) in [6.07, 6.45) is 0.483. The molecular weight excluding hydrogens is 268 g/mol. The molecule has 1 aliphatic rings. The van der Waals surface area contributed by atoms with Crippen LogP contribution in [0.1, 0.15) is 31.8 Å². The molecule has 3 N–H and O–H groups in total. The summed E-state index contributed by atoms with van der Waals surface area (Å²) in [6, 6.07) is 1.47. The van der Waals surface area contributed by atoms with E-state index in [-0.39, 0.29) is 17.5 Å². The van der Waals surface area contributed by atoms with Crippen molar-refractivity contribution < 1.29 is 17.6 Å². The Hall–Kier alpha value is -0.890. The Labute approximate surface area is 113 Å². The fourth-order valence-electron chi connectivity index (χ4n) is 2.22. The van der Waals surface area contributed by atoms with Crippen molar-refractivity contribution in [3.05, 3.63) is 17.6 Å². The normalized spacial score (nSPS) is 27.9. The Morgan fingerprint density at radius 2 is 2.26 bits per heavy atom. The fourth-order valence-corrected chi connectivity index (χ4v) is 3.92. The van der Waals surface area contributed by atoms with E-state index in [4.69, 9.17) is 14.9 Å². The Kier molecular flexibility index (Phi) is 3.74. The van der Waals surface area contributed by atoms with E-state index in [0.29, 0.717) is 24.5 Å². The predicted molar refractivity (Wildman–Crippen MR) is 70.1 cm³/mol. The van der Waals surface area contributed by atoms with E-state index in [1.54, 1.807) is 6.92 Å². The van der Waals surface area contributed by atoms with Gasteiger partial charge in [0, 0.05) is 12.7 Å². The quantitative estimate of drug-likeness (QED) is 0.858. The first-order valence-corrected chi connectivity index (χ1v) is 7.72. The highest BCUT2D eigenvalue weighted by atomic mass is 32.2. The summed E-state index contributed by atoms with van der Waals surface area (Å²) in [7, 11) is -3.63. The molecule has 0 amide bonds. The van der Waals surface area contributed by atoms with Gasteiger partial charge in [0.05, 0.1) is 18.2 Å². The number of nitrogens with one attached hydrogen (secondary N) is 1. The molecule has 2 unspecified atom stereocenters. The molecule has 2 heterocycles. The van der Waals surface area contributed by atoms with Crippen LogP contribution in [0.4, 0.5) is 0 Å². The minimum absolute atomic E-state index is 0.147. The zero-order valence-corrected chi connectivity index (χ0v) is 12.2. The third-order valence-corrected chi connectivity index (χ3v) is 5.39. The van der Waals surface area contributed by atoms with Crippen LogP contribution in [0.15, 0.2) is 15.4 Å². The van der Waals surface area contributed by atoms with Crippen molar-refractivity contribution in [2.24, 2.45) is 5.73 Å². The summed E-state index contributed by atoms with van der Waals surface area (Å²) in [6.45, 7) is 6.06. The minimum Gasteiger partial charge on any atom is -0.464 e. The van der Waals surface area contributed by atoms with E-state index in [9.17, 15) is 8.42 Å². The minimum atomic E-state index is -3.63. The molecule has 7 heteroatoms. The maximum atomic E-state index is 12.4. The molecule has 0 aliphatic carbocycles. The number of sulfonamides is 1. The van der Waals surface area contributed by atoms with Gasteiger partial charge in [-0.05, 0) is 27.2 Å². The van der Waals surface area contributed by atoms with Crippen LogP contribution in [0, 0.1) is 6.92 Å². The first-order valence-electron chi connectivity index (χ1n) is 6.23. The maximum absolute atomic E-state index is 12.4. The molecule has 1 aromatic rings. The SMILES string of the molecule is Cc1oc(CN)cc1S(=O)(=O)NC1(C)CCOC1C. The average molecular weight is 288 g/mol. The van der Waals surface area contributed by atoms with Gasteiger partial charge in [0.15, 0.2) is 0 Å². The van der Waals surface area contributed by atoms with Gasteiger partial charge in [-0.15, -0.1) is 0 Å². The molecule has 108 valence electrons. The number of furan rings is 1. The van der Waals surface area contributed by atoms with Crippen LogP contribution in [-0.4, -0.2) is 26.7 Å².